The molecule has 0 fully saturated rings. The van der Waals surface area contributed by atoms with Gasteiger partial charge in [-0.3, -0.25) is 0 Å². The van der Waals surface area contributed by atoms with Gasteiger partial charge in [-0.2, -0.15) is 0 Å². The Bertz CT molecular complexity index is 1060. The number of thiazole rings is 2. The van der Waals surface area contributed by atoms with E-state index in [1.807, 2.05) is 22.7 Å². The molecule has 0 aliphatic rings. The largest absolute Gasteiger partial charge is 0.222 e. The van der Waals surface area contributed by atoms with Gasteiger partial charge in [-0.05, 0) is 71.5 Å². The van der Waals surface area contributed by atoms with Crippen molar-refractivity contribution in [2.75, 3.05) is 0 Å². The summed E-state index contributed by atoms with van der Waals surface area (Å²) in [6.45, 7) is 9.14. The number of fused-ring (bicyclic) bond motifs is 1. The van der Waals surface area contributed by atoms with Crippen molar-refractivity contribution in [3.8, 4) is 19.8 Å². The fraction of sp³-hybridized carbons (Fsp3) is 0.571. The van der Waals surface area contributed by atoms with Gasteiger partial charge in [-0.25, -0.2) is 9.97 Å². The molecule has 0 spiro atoms. The smallest absolute Gasteiger partial charge is 0.155 e. The predicted molar refractivity (Wildman–Crippen MR) is 156 cm³/mol. The average molecular weight is 531 g/mol. The monoisotopic (exact) mass is 530 g/mol. The zero-order valence-electron chi connectivity index (χ0n) is 21.2. The van der Waals surface area contributed by atoms with Crippen LogP contribution in [0.25, 0.3) is 29.4 Å². The van der Waals surface area contributed by atoms with E-state index in [2.05, 4.69) is 38.5 Å². The summed E-state index contributed by atoms with van der Waals surface area (Å²) in [6.07, 6.45) is 15.2. The molecule has 6 heteroatoms. The maximum Gasteiger partial charge on any atom is 0.155 e. The van der Waals surface area contributed by atoms with E-state index in [0.717, 1.165) is 22.5 Å². The van der Waals surface area contributed by atoms with Gasteiger partial charge in [-0.15, -0.1) is 22.7 Å². The first-order valence-electron chi connectivity index (χ1n) is 13.2. The first kappa shape index (κ1) is 26.0. The molecule has 0 unspecified atom stereocenters. The summed E-state index contributed by atoms with van der Waals surface area (Å²) in [6, 6.07) is 0. The van der Waals surface area contributed by atoms with Crippen LogP contribution < -0.4 is 0 Å². The van der Waals surface area contributed by atoms with Gasteiger partial charge < -0.3 is 0 Å². The van der Waals surface area contributed by atoms with Crippen LogP contribution in [0.4, 0.5) is 0 Å². The van der Waals surface area contributed by atoms with E-state index in [4.69, 9.17) is 9.97 Å². The summed E-state index contributed by atoms with van der Waals surface area (Å²) in [5, 5.41) is 7.10. The average Bonchev–Trinajstić information content (AvgIpc) is 3.60. The maximum atomic E-state index is 5.08. The SMILES string of the molecule is CCCCCCc1csc(-c2nc3sc(-c4scc(CCCCCC)c4CC)nc3s2)c1CC. The third-order valence-corrected chi connectivity index (χ3v) is 11.1. The second-order valence-corrected chi connectivity index (χ2v) is 12.8. The number of aryl methyl sites for hydroxylation is 2. The summed E-state index contributed by atoms with van der Waals surface area (Å²) in [4.78, 5) is 15.1. The van der Waals surface area contributed by atoms with E-state index in [1.165, 1.54) is 95.1 Å². The molecule has 4 rings (SSSR count). The van der Waals surface area contributed by atoms with Crippen molar-refractivity contribution in [1.82, 2.24) is 9.97 Å². The van der Waals surface area contributed by atoms with Crippen molar-refractivity contribution in [1.29, 1.82) is 0 Å². The molecule has 0 aliphatic carbocycles. The van der Waals surface area contributed by atoms with Crippen LogP contribution in [0.15, 0.2) is 10.8 Å². The molecule has 2 nitrogen and oxygen atoms in total. The van der Waals surface area contributed by atoms with Crippen molar-refractivity contribution >= 4 is 55.0 Å². The lowest BCUT2D eigenvalue weighted by Gasteiger charge is -2.04. The van der Waals surface area contributed by atoms with E-state index < -0.39 is 0 Å². The molecule has 184 valence electrons. The van der Waals surface area contributed by atoms with E-state index in [-0.39, 0.29) is 0 Å². The minimum atomic E-state index is 1.09. The van der Waals surface area contributed by atoms with Crippen LogP contribution in [-0.2, 0) is 25.7 Å². The Morgan fingerprint density at radius 3 is 1.41 bits per heavy atom. The Morgan fingerprint density at radius 2 is 1.03 bits per heavy atom. The summed E-state index contributed by atoms with van der Waals surface area (Å²) in [5.74, 6) is 0. The number of unbranched alkanes of at least 4 members (excludes halogenated alkanes) is 6. The molecule has 34 heavy (non-hydrogen) atoms. The topological polar surface area (TPSA) is 25.8 Å². The van der Waals surface area contributed by atoms with E-state index >= 15 is 0 Å². The van der Waals surface area contributed by atoms with E-state index in [0.29, 0.717) is 0 Å². The van der Waals surface area contributed by atoms with Gasteiger partial charge in [0.2, 0.25) is 0 Å². The highest BCUT2D eigenvalue weighted by Crippen LogP contribution is 2.43. The Balaban J connectivity index is 1.53. The molecule has 4 heterocycles. The standard InChI is InChI=1S/C28H38N2S4/c1-5-9-11-13-15-19-17-31-23(21(19)7-3)25-29-27-28(33-25)30-26(34-27)24-22(8-4)20(18-32-24)16-14-12-10-6-2/h17-18H,5-16H2,1-4H3. The molecule has 0 aliphatic heterocycles. The fourth-order valence-corrected chi connectivity index (χ4v) is 9.40. The lowest BCUT2D eigenvalue weighted by molar-refractivity contribution is 0.665. The van der Waals surface area contributed by atoms with Crippen LogP contribution in [0.5, 0.6) is 0 Å². The molecule has 4 aromatic rings. The Labute approximate surface area is 221 Å². The zero-order chi connectivity index (χ0) is 23.9. The Morgan fingerprint density at radius 1 is 0.588 bits per heavy atom. The highest BCUT2D eigenvalue weighted by molar-refractivity contribution is 7.31. The normalized spacial score (nSPS) is 11.8. The van der Waals surface area contributed by atoms with Crippen molar-refractivity contribution in [3.05, 3.63) is 33.0 Å². The Hall–Kier alpha value is -1.08. The van der Waals surface area contributed by atoms with Crippen molar-refractivity contribution in [2.24, 2.45) is 0 Å². The minimum absolute atomic E-state index is 1.09. The highest BCUT2D eigenvalue weighted by Gasteiger charge is 2.20. The van der Waals surface area contributed by atoms with Gasteiger partial charge in [0.1, 0.15) is 10.0 Å². The van der Waals surface area contributed by atoms with E-state index in [9.17, 15) is 0 Å². The second kappa shape index (κ2) is 12.8. The van der Waals surface area contributed by atoms with Crippen molar-refractivity contribution < 1.29 is 0 Å². The predicted octanol–water partition coefficient (Wildman–Crippen LogP) is 10.6. The lowest BCUT2D eigenvalue weighted by atomic mass is 10.0. The fourth-order valence-electron chi connectivity index (χ4n) is 4.71. The first-order valence-corrected chi connectivity index (χ1v) is 16.6. The summed E-state index contributed by atoms with van der Waals surface area (Å²) in [5.41, 5.74) is 6.12. The van der Waals surface area contributed by atoms with Gasteiger partial charge in [0, 0.05) is 0 Å². The molecule has 0 saturated heterocycles. The van der Waals surface area contributed by atoms with Crippen molar-refractivity contribution in [3.63, 3.8) is 0 Å². The molecule has 0 radical (unpaired) electrons. The molecule has 0 amide bonds. The number of nitrogens with zero attached hydrogens (tertiary/aromatic N) is 2. The lowest BCUT2D eigenvalue weighted by Crippen LogP contribution is -1.91. The molecule has 0 N–H and O–H groups in total. The van der Waals surface area contributed by atoms with Gasteiger partial charge in [0.25, 0.3) is 0 Å². The molecule has 4 aromatic heterocycles. The third-order valence-electron chi connectivity index (χ3n) is 6.63. The van der Waals surface area contributed by atoms with E-state index in [1.54, 1.807) is 33.8 Å². The van der Waals surface area contributed by atoms with Gasteiger partial charge in [0.15, 0.2) is 9.66 Å². The first-order chi connectivity index (χ1) is 16.7. The zero-order valence-corrected chi connectivity index (χ0v) is 24.4. The van der Waals surface area contributed by atoms with Crippen LogP contribution in [0, 0.1) is 0 Å². The maximum absolute atomic E-state index is 5.08. The number of hydrogen-bond donors (Lipinski definition) is 0. The van der Waals surface area contributed by atoms with Crippen LogP contribution >= 0.6 is 45.3 Å². The number of hydrogen-bond acceptors (Lipinski definition) is 6. The summed E-state index contributed by atoms with van der Waals surface area (Å²) >= 11 is 7.34. The minimum Gasteiger partial charge on any atom is -0.222 e. The molecular formula is C28H38N2S4. The second-order valence-electron chi connectivity index (χ2n) is 9.11. The summed E-state index contributed by atoms with van der Waals surface area (Å²) in [7, 11) is 0. The van der Waals surface area contributed by atoms with Gasteiger partial charge in [0.05, 0.1) is 9.75 Å². The van der Waals surface area contributed by atoms with Crippen LogP contribution in [0.1, 0.15) is 101 Å². The molecule has 0 aromatic carbocycles. The van der Waals surface area contributed by atoms with Gasteiger partial charge in [-0.1, -0.05) is 88.9 Å². The van der Waals surface area contributed by atoms with Crippen molar-refractivity contribution in [2.45, 2.75) is 105 Å². The van der Waals surface area contributed by atoms with Gasteiger partial charge >= 0.3 is 0 Å². The third kappa shape index (κ3) is 5.83. The van der Waals surface area contributed by atoms with Crippen LogP contribution in [-0.4, -0.2) is 9.97 Å². The van der Waals surface area contributed by atoms with Crippen LogP contribution in [0.3, 0.4) is 0 Å². The highest BCUT2D eigenvalue weighted by atomic mass is 32.1. The molecule has 0 bridgehead atoms. The number of aromatic nitrogens is 2. The Kier molecular flexibility index (Phi) is 9.75. The molecule has 0 saturated carbocycles. The van der Waals surface area contributed by atoms with Crippen LogP contribution in [0.2, 0.25) is 0 Å². The molecular weight excluding hydrogens is 493 g/mol. The number of rotatable bonds is 14. The summed E-state index contributed by atoms with van der Waals surface area (Å²) < 4.78 is 0. The quantitative estimate of drug-likeness (QED) is 0.151. The number of thiophene rings is 2. The molecule has 0 atom stereocenters.